The number of nitrogens with zero attached hydrogens (tertiary/aromatic N) is 1. The molecule has 3 unspecified atom stereocenters. The highest BCUT2D eigenvalue weighted by atomic mass is 16.6. The Hall–Kier alpha value is -0.810. The average Bonchev–Trinajstić information content (AvgIpc) is 2.66. The SMILES string of the molecule is CC(CCO)CNC1CC2CCC(C1)N2C(=O)OC(C)(C)C. The van der Waals surface area contributed by atoms with Gasteiger partial charge in [0.05, 0.1) is 0 Å². The Kier molecular flexibility index (Phi) is 5.72. The fraction of sp³-hybridized carbons (Fsp3) is 0.941. The number of aliphatic hydroxyl groups excluding tert-OH is 1. The molecule has 0 radical (unpaired) electrons. The van der Waals surface area contributed by atoms with E-state index in [9.17, 15) is 4.79 Å². The van der Waals surface area contributed by atoms with Crippen molar-refractivity contribution in [1.82, 2.24) is 10.2 Å². The maximum Gasteiger partial charge on any atom is 0.410 e. The molecule has 0 saturated carbocycles. The van der Waals surface area contributed by atoms with Crippen molar-refractivity contribution < 1.29 is 14.6 Å². The lowest BCUT2D eigenvalue weighted by Crippen LogP contribution is -2.53. The molecular formula is C17H32N2O3. The second-order valence-corrected chi connectivity index (χ2v) is 7.97. The molecule has 2 saturated heterocycles. The van der Waals surface area contributed by atoms with Gasteiger partial charge in [0.25, 0.3) is 0 Å². The van der Waals surface area contributed by atoms with Crippen molar-refractivity contribution in [1.29, 1.82) is 0 Å². The predicted octanol–water partition coefficient (Wildman–Crippen LogP) is 2.53. The predicted molar refractivity (Wildman–Crippen MR) is 86.8 cm³/mol. The van der Waals surface area contributed by atoms with Gasteiger partial charge in [0.2, 0.25) is 0 Å². The average molecular weight is 312 g/mol. The highest BCUT2D eigenvalue weighted by Crippen LogP contribution is 2.36. The zero-order chi connectivity index (χ0) is 16.3. The summed E-state index contributed by atoms with van der Waals surface area (Å²) >= 11 is 0. The molecule has 128 valence electrons. The Bertz CT molecular complexity index is 367. The zero-order valence-electron chi connectivity index (χ0n) is 14.5. The largest absolute Gasteiger partial charge is 0.444 e. The molecule has 2 fully saturated rings. The summed E-state index contributed by atoms with van der Waals surface area (Å²) in [7, 11) is 0. The molecule has 0 spiro atoms. The number of rotatable bonds is 5. The highest BCUT2D eigenvalue weighted by molar-refractivity contribution is 5.69. The number of hydrogen-bond donors (Lipinski definition) is 2. The summed E-state index contributed by atoms with van der Waals surface area (Å²) in [6, 6.07) is 1.12. The lowest BCUT2D eigenvalue weighted by Gasteiger charge is -2.40. The molecule has 1 amide bonds. The van der Waals surface area contributed by atoms with Crippen LogP contribution in [0.1, 0.15) is 59.8 Å². The van der Waals surface area contributed by atoms with E-state index in [2.05, 4.69) is 12.2 Å². The van der Waals surface area contributed by atoms with Crippen molar-refractivity contribution in [3.8, 4) is 0 Å². The Balaban J connectivity index is 1.85. The fourth-order valence-electron chi connectivity index (χ4n) is 3.65. The van der Waals surface area contributed by atoms with Crippen LogP contribution in [-0.2, 0) is 4.74 Å². The molecule has 2 aliphatic heterocycles. The van der Waals surface area contributed by atoms with Crippen LogP contribution < -0.4 is 5.32 Å². The molecule has 0 aromatic rings. The van der Waals surface area contributed by atoms with Gasteiger partial charge in [-0.2, -0.15) is 0 Å². The van der Waals surface area contributed by atoms with E-state index in [0.29, 0.717) is 24.0 Å². The second kappa shape index (κ2) is 7.18. The van der Waals surface area contributed by atoms with Gasteiger partial charge in [0.15, 0.2) is 0 Å². The molecule has 2 bridgehead atoms. The van der Waals surface area contributed by atoms with Crippen LogP contribution in [0, 0.1) is 5.92 Å². The summed E-state index contributed by atoms with van der Waals surface area (Å²) in [5, 5.41) is 12.6. The van der Waals surface area contributed by atoms with Gasteiger partial charge in [-0.25, -0.2) is 4.79 Å². The summed E-state index contributed by atoms with van der Waals surface area (Å²) in [5.41, 5.74) is -0.425. The summed E-state index contributed by atoms with van der Waals surface area (Å²) < 4.78 is 5.56. The molecule has 0 aromatic heterocycles. The molecule has 0 aliphatic carbocycles. The van der Waals surface area contributed by atoms with Crippen LogP contribution in [0.2, 0.25) is 0 Å². The van der Waals surface area contributed by atoms with Gasteiger partial charge in [-0.05, 0) is 65.3 Å². The van der Waals surface area contributed by atoms with Crippen molar-refractivity contribution in [2.75, 3.05) is 13.2 Å². The van der Waals surface area contributed by atoms with E-state index >= 15 is 0 Å². The van der Waals surface area contributed by atoms with Gasteiger partial charge in [-0.15, -0.1) is 0 Å². The van der Waals surface area contributed by atoms with E-state index in [1.807, 2.05) is 25.7 Å². The fourth-order valence-corrected chi connectivity index (χ4v) is 3.65. The van der Waals surface area contributed by atoms with Crippen molar-refractivity contribution in [2.24, 2.45) is 5.92 Å². The first-order chi connectivity index (χ1) is 10.3. The molecule has 3 atom stereocenters. The molecular weight excluding hydrogens is 280 g/mol. The number of aliphatic hydroxyl groups is 1. The smallest absolute Gasteiger partial charge is 0.410 e. The third-order valence-corrected chi connectivity index (χ3v) is 4.71. The highest BCUT2D eigenvalue weighted by Gasteiger charge is 2.44. The number of nitrogens with one attached hydrogen (secondary N) is 1. The third kappa shape index (κ3) is 4.59. The van der Waals surface area contributed by atoms with Crippen LogP contribution in [0.15, 0.2) is 0 Å². The van der Waals surface area contributed by atoms with Crippen LogP contribution >= 0.6 is 0 Å². The lowest BCUT2D eigenvalue weighted by atomic mass is 9.97. The minimum atomic E-state index is -0.425. The topological polar surface area (TPSA) is 61.8 Å². The molecule has 5 nitrogen and oxygen atoms in total. The maximum atomic E-state index is 12.4. The third-order valence-electron chi connectivity index (χ3n) is 4.71. The van der Waals surface area contributed by atoms with E-state index in [-0.39, 0.29) is 12.7 Å². The maximum absolute atomic E-state index is 12.4. The van der Waals surface area contributed by atoms with E-state index in [4.69, 9.17) is 9.84 Å². The van der Waals surface area contributed by atoms with E-state index < -0.39 is 5.60 Å². The number of carbonyl (C=O) groups excluding carboxylic acids is 1. The number of hydrogen-bond acceptors (Lipinski definition) is 4. The second-order valence-electron chi connectivity index (χ2n) is 7.97. The Morgan fingerprint density at radius 2 is 1.91 bits per heavy atom. The van der Waals surface area contributed by atoms with Gasteiger partial charge >= 0.3 is 6.09 Å². The number of fused-ring (bicyclic) bond motifs is 2. The van der Waals surface area contributed by atoms with Gasteiger partial charge in [0, 0.05) is 24.7 Å². The van der Waals surface area contributed by atoms with E-state index in [0.717, 1.165) is 38.6 Å². The summed E-state index contributed by atoms with van der Waals surface area (Å²) in [6.45, 7) is 9.12. The monoisotopic (exact) mass is 312 g/mol. The number of piperidine rings is 1. The van der Waals surface area contributed by atoms with Crippen LogP contribution in [0.25, 0.3) is 0 Å². The van der Waals surface area contributed by atoms with Gasteiger partial charge < -0.3 is 20.1 Å². The molecule has 0 aromatic carbocycles. The normalized spacial score (nSPS) is 29.5. The standard InChI is InChI=1S/C17H32N2O3/c1-12(7-8-20)11-18-13-9-14-5-6-15(10-13)19(14)16(21)22-17(2,3)4/h12-15,18,20H,5-11H2,1-4H3. The minimum Gasteiger partial charge on any atom is -0.444 e. The van der Waals surface area contributed by atoms with Gasteiger partial charge in [-0.1, -0.05) is 6.92 Å². The van der Waals surface area contributed by atoms with Crippen LogP contribution in [0.3, 0.4) is 0 Å². The van der Waals surface area contributed by atoms with Gasteiger partial charge in [-0.3, -0.25) is 0 Å². The number of ether oxygens (including phenoxy) is 1. The summed E-state index contributed by atoms with van der Waals surface area (Å²) in [6.07, 6.45) is 4.91. The number of amides is 1. The van der Waals surface area contributed by atoms with Crippen LogP contribution in [-0.4, -0.2) is 53.0 Å². The van der Waals surface area contributed by atoms with Crippen molar-refractivity contribution in [3.05, 3.63) is 0 Å². The Morgan fingerprint density at radius 3 is 2.41 bits per heavy atom. The lowest BCUT2D eigenvalue weighted by molar-refractivity contribution is 0.00457. The molecule has 2 N–H and O–H groups in total. The summed E-state index contributed by atoms with van der Waals surface area (Å²) in [5.74, 6) is 0.492. The first-order valence-corrected chi connectivity index (χ1v) is 8.65. The molecule has 2 aliphatic rings. The van der Waals surface area contributed by atoms with E-state index in [1.165, 1.54) is 0 Å². The zero-order valence-corrected chi connectivity index (χ0v) is 14.5. The molecule has 2 heterocycles. The number of carbonyl (C=O) groups is 1. The molecule has 22 heavy (non-hydrogen) atoms. The van der Waals surface area contributed by atoms with Crippen molar-refractivity contribution in [2.45, 2.75) is 83.5 Å². The van der Waals surface area contributed by atoms with Gasteiger partial charge in [0.1, 0.15) is 5.60 Å². The van der Waals surface area contributed by atoms with Crippen LogP contribution in [0.5, 0.6) is 0 Å². The minimum absolute atomic E-state index is 0.146. The first kappa shape index (κ1) is 17.5. The Morgan fingerprint density at radius 1 is 1.32 bits per heavy atom. The van der Waals surface area contributed by atoms with Crippen molar-refractivity contribution >= 4 is 6.09 Å². The molecule has 2 rings (SSSR count). The van der Waals surface area contributed by atoms with Crippen molar-refractivity contribution in [3.63, 3.8) is 0 Å². The van der Waals surface area contributed by atoms with E-state index in [1.54, 1.807) is 0 Å². The molecule has 5 heteroatoms. The Labute approximate surface area is 134 Å². The van der Waals surface area contributed by atoms with Crippen LogP contribution in [0.4, 0.5) is 4.79 Å². The first-order valence-electron chi connectivity index (χ1n) is 8.65. The summed E-state index contributed by atoms with van der Waals surface area (Å²) in [4.78, 5) is 14.4. The quantitative estimate of drug-likeness (QED) is 0.819.